The number of nitrogens with zero attached hydrogens (tertiary/aromatic N) is 1. The third-order valence-electron chi connectivity index (χ3n) is 3.60. The summed E-state index contributed by atoms with van der Waals surface area (Å²) in [5, 5.41) is 14.3. The fourth-order valence-corrected chi connectivity index (χ4v) is 2.38. The summed E-state index contributed by atoms with van der Waals surface area (Å²) in [6.07, 6.45) is 0.954. The molecule has 0 aliphatic rings. The molecule has 0 fully saturated rings. The van der Waals surface area contributed by atoms with Gasteiger partial charge in [-0.3, -0.25) is 10.1 Å². The van der Waals surface area contributed by atoms with E-state index < -0.39 is 0 Å². The molecule has 0 aliphatic heterocycles. The number of nitro groups is 1. The predicted octanol–water partition coefficient (Wildman–Crippen LogP) is 3.54. The van der Waals surface area contributed by atoms with Crippen LogP contribution in [0.3, 0.4) is 0 Å². The van der Waals surface area contributed by atoms with E-state index in [-0.39, 0.29) is 10.6 Å². The van der Waals surface area contributed by atoms with Crippen LogP contribution in [-0.2, 0) is 13.0 Å². The van der Waals surface area contributed by atoms with Crippen molar-refractivity contribution in [3.8, 4) is 0 Å². The molecule has 4 heteroatoms. The lowest BCUT2D eigenvalue weighted by Gasteiger charge is -2.08. The minimum atomic E-state index is -0.328. The molecule has 0 aliphatic carbocycles. The van der Waals surface area contributed by atoms with Gasteiger partial charge in [0.2, 0.25) is 0 Å². The highest BCUT2D eigenvalue weighted by Crippen LogP contribution is 2.20. The van der Waals surface area contributed by atoms with Crippen LogP contribution in [0.4, 0.5) is 5.69 Å². The van der Waals surface area contributed by atoms with Gasteiger partial charge < -0.3 is 5.32 Å². The third-order valence-corrected chi connectivity index (χ3v) is 3.60. The van der Waals surface area contributed by atoms with Crippen molar-refractivity contribution in [1.82, 2.24) is 5.32 Å². The molecular weight excluding hydrogens is 264 g/mol. The van der Waals surface area contributed by atoms with Crippen molar-refractivity contribution in [3.05, 3.63) is 74.8 Å². The normalized spacial score (nSPS) is 10.6. The number of nitro benzene ring substituents is 1. The maximum absolute atomic E-state index is 10.9. The SMILES string of the molecule is Cc1cccc(CCNCc2cccc([N+](=O)[O-])c2C)c1. The Morgan fingerprint density at radius 1 is 1.14 bits per heavy atom. The molecule has 2 rings (SSSR count). The van der Waals surface area contributed by atoms with Crippen LogP contribution >= 0.6 is 0 Å². The molecule has 0 spiro atoms. The lowest BCUT2D eigenvalue weighted by Crippen LogP contribution is -2.17. The molecule has 0 unspecified atom stereocenters. The van der Waals surface area contributed by atoms with Gasteiger partial charge in [-0.2, -0.15) is 0 Å². The van der Waals surface area contributed by atoms with Gasteiger partial charge in [0.1, 0.15) is 0 Å². The van der Waals surface area contributed by atoms with Gasteiger partial charge in [-0.15, -0.1) is 0 Å². The second kappa shape index (κ2) is 6.99. The molecule has 0 bridgehead atoms. The van der Waals surface area contributed by atoms with Crippen molar-refractivity contribution in [2.24, 2.45) is 0 Å². The Morgan fingerprint density at radius 2 is 1.90 bits per heavy atom. The van der Waals surface area contributed by atoms with Gasteiger partial charge in [-0.05, 0) is 37.9 Å². The lowest BCUT2D eigenvalue weighted by atomic mass is 10.1. The third kappa shape index (κ3) is 4.13. The smallest absolute Gasteiger partial charge is 0.272 e. The van der Waals surface area contributed by atoms with E-state index in [0.717, 1.165) is 24.1 Å². The van der Waals surface area contributed by atoms with Crippen molar-refractivity contribution in [2.45, 2.75) is 26.8 Å². The zero-order valence-electron chi connectivity index (χ0n) is 12.4. The van der Waals surface area contributed by atoms with E-state index in [4.69, 9.17) is 0 Å². The van der Waals surface area contributed by atoms with Crippen LogP contribution in [0.25, 0.3) is 0 Å². The summed E-state index contributed by atoms with van der Waals surface area (Å²) in [5.41, 5.74) is 4.48. The minimum Gasteiger partial charge on any atom is -0.312 e. The average Bonchev–Trinajstić information content (AvgIpc) is 2.45. The van der Waals surface area contributed by atoms with Crippen molar-refractivity contribution in [1.29, 1.82) is 0 Å². The van der Waals surface area contributed by atoms with Crippen LogP contribution < -0.4 is 5.32 Å². The number of aryl methyl sites for hydroxylation is 1. The lowest BCUT2D eigenvalue weighted by molar-refractivity contribution is -0.385. The van der Waals surface area contributed by atoms with Gasteiger partial charge in [-0.1, -0.05) is 42.0 Å². The van der Waals surface area contributed by atoms with E-state index in [1.165, 1.54) is 11.1 Å². The fraction of sp³-hybridized carbons (Fsp3) is 0.294. The van der Waals surface area contributed by atoms with Gasteiger partial charge in [0, 0.05) is 18.2 Å². The van der Waals surface area contributed by atoms with E-state index >= 15 is 0 Å². The standard InChI is InChI=1S/C17H20N2O2/c1-13-5-3-6-15(11-13)9-10-18-12-16-7-4-8-17(14(16)2)19(20)21/h3-8,11,18H,9-10,12H2,1-2H3. The Hall–Kier alpha value is -2.20. The maximum Gasteiger partial charge on any atom is 0.272 e. The van der Waals surface area contributed by atoms with Gasteiger partial charge in [-0.25, -0.2) is 0 Å². The first-order valence-corrected chi connectivity index (χ1v) is 7.07. The van der Waals surface area contributed by atoms with Crippen LogP contribution in [0.2, 0.25) is 0 Å². The summed E-state index contributed by atoms with van der Waals surface area (Å²) in [6, 6.07) is 13.7. The van der Waals surface area contributed by atoms with Gasteiger partial charge >= 0.3 is 0 Å². The quantitative estimate of drug-likeness (QED) is 0.501. The summed E-state index contributed by atoms with van der Waals surface area (Å²) in [4.78, 5) is 10.6. The molecule has 0 saturated carbocycles. The van der Waals surface area contributed by atoms with E-state index in [1.54, 1.807) is 19.1 Å². The molecule has 0 radical (unpaired) electrons. The average molecular weight is 284 g/mol. The van der Waals surface area contributed by atoms with Gasteiger partial charge in [0.05, 0.1) is 4.92 Å². The zero-order valence-corrected chi connectivity index (χ0v) is 12.4. The summed E-state index contributed by atoms with van der Waals surface area (Å²) < 4.78 is 0. The number of rotatable bonds is 6. The topological polar surface area (TPSA) is 55.2 Å². The number of hydrogen-bond donors (Lipinski definition) is 1. The van der Waals surface area contributed by atoms with Crippen LogP contribution in [0.1, 0.15) is 22.3 Å². The highest BCUT2D eigenvalue weighted by atomic mass is 16.6. The summed E-state index contributed by atoms with van der Waals surface area (Å²) in [5.74, 6) is 0. The molecule has 2 aromatic carbocycles. The zero-order chi connectivity index (χ0) is 15.2. The molecule has 0 atom stereocenters. The minimum absolute atomic E-state index is 0.188. The van der Waals surface area contributed by atoms with E-state index in [1.807, 2.05) is 6.07 Å². The summed E-state index contributed by atoms with van der Waals surface area (Å²) in [6.45, 7) is 5.39. The number of nitrogens with one attached hydrogen (secondary N) is 1. The Labute approximate surface area is 125 Å². The second-order valence-corrected chi connectivity index (χ2v) is 5.23. The molecule has 2 aromatic rings. The summed E-state index contributed by atoms with van der Waals surface area (Å²) in [7, 11) is 0. The first kappa shape index (κ1) is 15.2. The molecule has 0 amide bonds. The largest absolute Gasteiger partial charge is 0.312 e. The first-order valence-electron chi connectivity index (χ1n) is 7.07. The monoisotopic (exact) mass is 284 g/mol. The van der Waals surface area contributed by atoms with Crippen molar-refractivity contribution in [3.63, 3.8) is 0 Å². The van der Waals surface area contributed by atoms with Crippen molar-refractivity contribution < 1.29 is 4.92 Å². The molecule has 0 aromatic heterocycles. The Balaban J connectivity index is 1.89. The van der Waals surface area contributed by atoms with Crippen LogP contribution in [0, 0.1) is 24.0 Å². The Bertz CT molecular complexity index is 638. The number of benzene rings is 2. The van der Waals surface area contributed by atoms with Crippen molar-refractivity contribution in [2.75, 3.05) is 6.54 Å². The van der Waals surface area contributed by atoms with Crippen LogP contribution in [0.5, 0.6) is 0 Å². The molecular formula is C17H20N2O2. The van der Waals surface area contributed by atoms with E-state index in [9.17, 15) is 10.1 Å². The second-order valence-electron chi connectivity index (χ2n) is 5.23. The fourth-order valence-electron chi connectivity index (χ4n) is 2.38. The van der Waals surface area contributed by atoms with Crippen LogP contribution in [-0.4, -0.2) is 11.5 Å². The molecule has 1 N–H and O–H groups in total. The molecule has 0 saturated heterocycles. The predicted molar refractivity (Wildman–Crippen MR) is 84.4 cm³/mol. The molecule has 110 valence electrons. The highest BCUT2D eigenvalue weighted by Gasteiger charge is 2.12. The number of hydrogen-bond acceptors (Lipinski definition) is 3. The van der Waals surface area contributed by atoms with Crippen molar-refractivity contribution >= 4 is 5.69 Å². The maximum atomic E-state index is 10.9. The molecule has 4 nitrogen and oxygen atoms in total. The summed E-state index contributed by atoms with van der Waals surface area (Å²) >= 11 is 0. The van der Waals surface area contributed by atoms with Gasteiger partial charge in [0.25, 0.3) is 5.69 Å². The first-order chi connectivity index (χ1) is 10.1. The Morgan fingerprint density at radius 3 is 2.62 bits per heavy atom. The Kier molecular flexibility index (Phi) is 5.06. The van der Waals surface area contributed by atoms with Gasteiger partial charge in [0.15, 0.2) is 0 Å². The van der Waals surface area contributed by atoms with E-state index in [2.05, 4.69) is 36.5 Å². The van der Waals surface area contributed by atoms with E-state index in [0.29, 0.717) is 6.54 Å². The molecule has 0 heterocycles. The molecule has 21 heavy (non-hydrogen) atoms. The highest BCUT2D eigenvalue weighted by molar-refractivity contribution is 5.44. The van der Waals surface area contributed by atoms with Crippen LogP contribution in [0.15, 0.2) is 42.5 Å².